The lowest BCUT2D eigenvalue weighted by Gasteiger charge is -2.44. The molecule has 1 aliphatic carbocycles. The summed E-state index contributed by atoms with van der Waals surface area (Å²) >= 11 is 0. The van der Waals surface area contributed by atoms with Crippen molar-refractivity contribution in [3.63, 3.8) is 0 Å². The fourth-order valence-electron chi connectivity index (χ4n) is 4.44. The standard InChI is InChI=1S/C18H36N2O/c1-3-18(16-21,19-2)10-7-13-20-14-11-17(12-15-20)8-5-4-6-9-17/h19,21H,3-16H2,1-2H3. The van der Waals surface area contributed by atoms with E-state index in [1.54, 1.807) is 0 Å². The maximum Gasteiger partial charge on any atom is 0.0613 e. The summed E-state index contributed by atoms with van der Waals surface area (Å²) in [6.45, 7) is 6.23. The maximum atomic E-state index is 9.60. The topological polar surface area (TPSA) is 35.5 Å². The van der Waals surface area contributed by atoms with Crippen molar-refractivity contribution in [2.24, 2.45) is 5.41 Å². The molecule has 3 heteroatoms. The Labute approximate surface area is 131 Å². The minimum Gasteiger partial charge on any atom is -0.394 e. The van der Waals surface area contributed by atoms with Crippen LogP contribution in [-0.2, 0) is 0 Å². The highest BCUT2D eigenvalue weighted by atomic mass is 16.3. The van der Waals surface area contributed by atoms with Crippen molar-refractivity contribution in [2.75, 3.05) is 33.3 Å². The molecule has 0 bridgehead atoms. The first-order chi connectivity index (χ1) is 10.2. The monoisotopic (exact) mass is 296 g/mol. The molecule has 0 aromatic rings. The summed E-state index contributed by atoms with van der Waals surface area (Å²) in [6.07, 6.45) is 13.5. The molecule has 2 fully saturated rings. The summed E-state index contributed by atoms with van der Waals surface area (Å²) in [5, 5.41) is 12.9. The van der Waals surface area contributed by atoms with Crippen molar-refractivity contribution in [1.29, 1.82) is 0 Å². The molecule has 1 saturated heterocycles. The van der Waals surface area contributed by atoms with Crippen LogP contribution in [0, 0.1) is 5.41 Å². The Bertz CT molecular complexity index is 277. The van der Waals surface area contributed by atoms with Gasteiger partial charge < -0.3 is 15.3 Å². The van der Waals surface area contributed by atoms with Crippen LogP contribution in [0.1, 0.15) is 71.1 Å². The number of likely N-dealkylation sites (N-methyl/N-ethyl adjacent to an activating group) is 1. The summed E-state index contributed by atoms with van der Waals surface area (Å²) in [4.78, 5) is 2.66. The number of likely N-dealkylation sites (tertiary alicyclic amines) is 1. The van der Waals surface area contributed by atoms with Crippen molar-refractivity contribution in [3.8, 4) is 0 Å². The quantitative estimate of drug-likeness (QED) is 0.757. The van der Waals surface area contributed by atoms with E-state index in [1.807, 2.05) is 7.05 Å². The van der Waals surface area contributed by atoms with Gasteiger partial charge in [0.2, 0.25) is 0 Å². The largest absolute Gasteiger partial charge is 0.394 e. The fraction of sp³-hybridized carbons (Fsp3) is 1.00. The smallest absolute Gasteiger partial charge is 0.0613 e. The second-order valence-corrected chi connectivity index (χ2v) is 7.55. The molecule has 21 heavy (non-hydrogen) atoms. The molecule has 3 nitrogen and oxygen atoms in total. The van der Waals surface area contributed by atoms with Crippen LogP contribution in [0.15, 0.2) is 0 Å². The molecule has 1 aliphatic heterocycles. The molecule has 0 aromatic carbocycles. The average molecular weight is 296 g/mol. The molecule has 124 valence electrons. The zero-order valence-electron chi connectivity index (χ0n) is 14.3. The minimum absolute atomic E-state index is 0.0552. The highest BCUT2D eigenvalue weighted by molar-refractivity contribution is 4.89. The molecule has 1 heterocycles. The molecule has 1 saturated carbocycles. The lowest BCUT2D eigenvalue weighted by molar-refractivity contribution is 0.0641. The second kappa shape index (κ2) is 7.94. The number of hydrogen-bond acceptors (Lipinski definition) is 3. The highest BCUT2D eigenvalue weighted by Gasteiger charge is 2.35. The summed E-state index contributed by atoms with van der Waals surface area (Å²) < 4.78 is 0. The summed E-state index contributed by atoms with van der Waals surface area (Å²) in [7, 11) is 1.98. The Morgan fingerprint density at radius 1 is 1.10 bits per heavy atom. The second-order valence-electron chi connectivity index (χ2n) is 7.55. The van der Waals surface area contributed by atoms with Crippen molar-refractivity contribution >= 4 is 0 Å². The Kier molecular flexibility index (Phi) is 6.51. The molecule has 0 amide bonds. The first kappa shape index (κ1) is 17.2. The lowest BCUT2D eigenvalue weighted by Crippen LogP contribution is -2.47. The molecule has 0 aromatic heterocycles. The number of hydrogen-bond donors (Lipinski definition) is 2. The van der Waals surface area contributed by atoms with Gasteiger partial charge in [-0.25, -0.2) is 0 Å². The van der Waals surface area contributed by atoms with Crippen LogP contribution in [-0.4, -0.2) is 48.8 Å². The van der Waals surface area contributed by atoms with E-state index in [9.17, 15) is 5.11 Å². The van der Waals surface area contributed by atoms with E-state index < -0.39 is 0 Å². The summed E-state index contributed by atoms with van der Waals surface area (Å²) in [6, 6.07) is 0. The Morgan fingerprint density at radius 2 is 1.76 bits per heavy atom. The van der Waals surface area contributed by atoms with E-state index in [2.05, 4.69) is 17.1 Å². The molecular formula is C18H36N2O. The van der Waals surface area contributed by atoms with Gasteiger partial charge in [0.1, 0.15) is 0 Å². The van der Waals surface area contributed by atoms with Crippen molar-refractivity contribution in [3.05, 3.63) is 0 Å². The maximum absolute atomic E-state index is 9.60. The van der Waals surface area contributed by atoms with E-state index in [0.29, 0.717) is 0 Å². The van der Waals surface area contributed by atoms with Crippen LogP contribution in [0.25, 0.3) is 0 Å². The van der Waals surface area contributed by atoms with Gasteiger partial charge in [0, 0.05) is 5.54 Å². The predicted octanol–water partition coefficient (Wildman–Crippen LogP) is 3.17. The van der Waals surface area contributed by atoms with E-state index in [0.717, 1.165) is 18.3 Å². The molecule has 1 spiro atoms. The first-order valence-electron chi connectivity index (χ1n) is 9.20. The molecule has 2 rings (SSSR count). The molecule has 0 radical (unpaired) electrons. The van der Waals surface area contributed by atoms with Crippen LogP contribution in [0.5, 0.6) is 0 Å². The van der Waals surface area contributed by atoms with Gasteiger partial charge in [-0.15, -0.1) is 0 Å². The van der Waals surface area contributed by atoms with Gasteiger partial charge in [-0.05, 0) is 77.0 Å². The molecule has 2 aliphatic rings. The number of nitrogens with zero attached hydrogens (tertiary/aromatic N) is 1. The Morgan fingerprint density at radius 3 is 2.29 bits per heavy atom. The van der Waals surface area contributed by atoms with Crippen LogP contribution in [0.3, 0.4) is 0 Å². The van der Waals surface area contributed by atoms with E-state index in [-0.39, 0.29) is 12.1 Å². The predicted molar refractivity (Wildman–Crippen MR) is 89.6 cm³/mol. The number of piperidine rings is 1. The zero-order chi connectivity index (χ0) is 15.2. The first-order valence-corrected chi connectivity index (χ1v) is 9.20. The van der Waals surface area contributed by atoms with Gasteiger partial charge in [0.15, 0.2) is 0 Å². The van der Waals surface area contributed by atoms with Gasteiger partial charge in [0.25, 0.3) is 0 Å². The van der Waals surface area contributed by atoms with E-state index >= 15 is 0 Å². The third-order valence-electron chi connectivity index (χ3n) is 6.47. The van der Waals surface area contributed by atoms with Gasteiger partial charge >= 0.3 is 0 Å². The Hall–Kier alpha value is -0.120. The number of aliphatic hydroxyl groups excluding tert-OH is 1. The molecular weight excluding hydrogens is 260 g/mol. The number of nitrogens with one attached hydrogen (secondary N) is 1. The summed E-state index contributed by atoms with van der Waals surface area (Å²) in [5.74, 6) is 0. The molecule has 1 unspecified atom stereocenters. The lowest BCUT2D eigenvalue weighted by atomic mass is 9.68. The van der Waals surface area contributed by atoms with Gasteiger partial charge in [-0.3, -0.25) is 0 Å². The van der Waals surface area contributed by atoms with Gasteiger partial charge in [0.05, 0.1) is 6.61 Å². The van der Waals surface area contributed by atoms with Crippen molar-refractivity contribution < 1.29 is 5.11 Å². The fourth-order valence-corrected chi connectivity index (χ4v) is 4.44. The highest BCUT2D eigenvalue weighted by Crippen LogP contribution is 2.44. The number of aliphatic hydroxyl groups is 1. The van der Waals surface area contributed by atoms with Crippen molar-refractivity contribution in [2.45, 2.75) is 76.7 Å². The third kappa shape index (κ3) is 4.43. The minimum atomic E-state index is -0.0552. The van der Waals surface area contributed by atoms with Crippen LogP contribution >= 0.6 is 0 Å². The van der Waals surface area contributed by atoms with Gasteiger partial charge in [-0.1, -0.05) is 26.2 Å². The number of rotatable bonds is 7. The zero-order valence-corrected chi connectivity index (χ0v) is 14.3. The molecule has 2 N–H and O–H groups in total. The average Bonchev–Trinajstić information content (AvgIpc) is 2.55. The van der Waals surface area contributed by atoms with Crippen LogP contribution in [0.2, 0.25) is 0 Å². The Balaban J connectivity index is 1.69. The van der Waals surface area contributed by atoms with Crippen LogP contribution in [0.4, 0.5) is 0 Å². The van der Waals surface area contributed by atoms with E-state index in [4.69, 9.17) is 0 Å². The van der Waals surface area contributed by atoms with Crippen molar-refractivity contribution in [1.82, 2.24) is 10.2 Å². The molecule has 1 atom stereocenters. The van der Waals surface area contributed by atoms with Gasteiger partial charge in [-0.2, -0.15) is 0 Å². The SMILES string of the molecule is CCC(CO)(CCCN1CCC2(CCCCC2)CC1)NC. The third-order valence-corrected chi connectivity index (χ3v) is 6.47. The van der Waals surface area contributed by atoms with Crippen LogP contribution < -0.4 is 5.32 Å². The van der Waals surface area contributed by atoms with E-state index in [1.165, 1.54) is 71.0 Å². The normalized spacial score (nSPS) is 25.9. The summed E-state index contributed by atoms with van der Waals surface area (Å²) in [5.41, 5.74) is 0.665.